The molecule has 3 aromatic rings. The van der Waals surface area contributed by atoms with Gasteiger partial charge in [0.1, 0.15) is 5.78 Å². The first-order chi connectivity index (χ1) is 29.6. The summed E-state index contributed by atoms with van der Waals surface area (Å²) in [5.41, 5.74) is 6.04. The van der Waals surface area contributed by atoms with Crippen LogP contribution in [0.1, 0.15) is 101 Å². The van der Waals surface area contributed by atoms with E-state index in [1.165, 1.54) is 28.3 Å². The second-order valence-corrected chi connectivity index (χ2v) is 18.6. The molecule has 360 valence electrons. The molecular weight excluding hydrogens is 827 g/mol. The van der Waals surface area contributed by atoms with Crippen molar-refractivity contribution in [3.63, 3.8) is 0 Å². The molecule has 2 aliphatic rings. The SMILES string of the molecule is C=C(CCC(C)=O)C(=O)OC.CC(C)(O)Cn1cc(N)cn1.COC(=O)[C@@H]1CC[C@H](C)N(c2cnn(CC(C)(C)O)c2)C1.COC(=O)[C@H]1CC[C@@H](C)N(c2cnn(CC(C)(C)O)c2)C1. The van der Waals surface area contributed by atoms with Crippen molar-refractivity contribution in [3.05, 3.63) is 49.3 Å². The minimum absolute atomic E-state index is 0.0510. The summed E-state index contributed by atoms with van der Waals surface area (Å²) in [6.45, 7) is 22.4. The maximum Gasteiger partial charge on any atom is 0.333 e. The number of nitrogens with zero attached hydrogens (tertiary/aromatic N) is 8. The van der Waals surface area contributed by atoms with Gasteiger partial charge in [0.2, 0.25) is 0 Å². The molecular formula is C45H75N9O10. The molecule has 19 heteroatoms. The van der Waals surface area contributed by atoms with Crippen LogP contribution in [0.3, 0.4) is 0 Å². The maximum absolute atomic E-state index is 11.7. The van der Waals surface area contributed by atoms with Gasteiger partial charge in [-0.3, -0.25) is 23.6 Å². The van der Waals surface area contributed by atoms with Crippen molar-refractivity contribution in [1.29, 1.82) is 0 Å². The highest BCUT2D eigenvalue weighted by Gasteiger charge is 2.33. The fraction of sp³-hybridized carbons (Fsp3) is 0.667. The van der Waals surface area contributed by atoms with E-state index >= 15 is 0 Å². The van der Waals surface area contributed by atoms with E-state index in [4.69, 9.17) is 15.2 Å². The van der Waals surface area contributed by atoms with Crippen molar-refractivity contribution in [2.45, 2.75) is 149 Å². The van der Waals surface area contributed by atoms with Gasteiger partial charge >= 0.3 is 17.9 Å². The Bertz CT molecular complexity index is 1850. The number of carbonyl (C=O) groups excluding carboxylic acids is 4. The summed E-state index contributed by atoms with van der Waals surface area (Å²) >= 11 is 0. The molecule has 0 bridgehead atoms. The van der Waals surface area contributed by atoms with E-state index in [2.05, 4.69) is 50.3 Å². The van der Waals surface area contributed by atoms with Crippen LogP contribution in [-0.4, -0.2) is 132 Å². The normalized spacial score (nSPS) is 18.8. The van der Waals surface area contributed by atoms with Crippen LogP contribution in [-0.2, 0) is 53.0 Å². The number of ketones is 1. The van der Waals surface area contributed by atoms with Crippen molar-refractivity contribution >= 4 is 40.8 Å². The zero-order valence-electron chi connectivity index (χ0n) is 40.1. The highest BCUT2D eigenvalue weighted by atomic mass is 16.5. The topological polar surface area (TPSA) is 243 Å². The second-order valence-electron chi connectivity index (χ2n) is 18.6. The molecule has 0 unspecified atom stereocenters. The molecule has 64 heavy (non-hydrogen) atoms. The standard InChI is InChI=1S/2C15H25N3O3.C8H12O3.C7H13N3O/c2*1-11-5-6-12(14(19)21-4)8-18(11)13-7-16-17(9-13)10-15(2,3)20;1-6(8(10)11-3)4-5-7(2)9;1-7(2,11)5-10-4-6(8)3-9-10/h2*7,9,11-12,20H,5-6,8,10H2,1-4H3;1,4-5H2,2-3H3;3-4,11H,5,8H2,1-2H3/t2*11-,12+;;/m10../s1. The number of Topliss-reactive ketones (excluding diaryl/α,β-unsaturated/α-hetero) is 1. The molecule has 2 saturated heterocycles. The van der Waals surface area contributed by atoms with Crippen LogP contribution in [0.5, 0.6) is 0 Å². The molecule has 0 aliphatic carbocycles. The fourth-order valence-corrected chi connectivity index (χ4v) is 7.06. The largest absolute Gasteiger partial charge is 0.469 e. The van der Waals surface area contributed by atoms with Crippen LogP contribution in [0, 0.1) is 11.8 Å². The van der Waals surface area contributed by atoms with Gasteiger partial charge in [-0.05, 0) is 94.4 Å². The number of carbonyl (C=O) groups is 4. The highest BCUT2D eigenvalue weighted by molar-refractivity contribution is 5.88. The lowest BCUT2D eigenvalue weighted by Gasteiger charge is -2.37. The first-order valence-electron chi connectivity index (χ1n) is 21.6. The van der Waals surface area contributed by atoms with E-state index in [9.17, 15) is 34.5 Å². The molecule has 2 fully saturated rings. The van der Waals surface area contributed by atoms with Crippen LogP contribution < -0.4 is 15.5 Å². The van der Waals surface area contributed by atoms with Gasteiger partial charge in [0.25, 0.3) is 0 Å². The van der Waals surface area contributed by atoms with Gasteiger partial charge in [-0.25, -0.2) is 4.79 Å². The molecule has 5 N–H and O–H groups in total. The molecule has 0 amide bonds. The summed E-state index contributed by atoms with van der Waals surface area (Å²) in [6, 6.07) is 0.733. The molecule has 2 aliphatic heterocycles. The van der Waals surface area contributed by atoms with E-state index in [1.54, 1.807) is 80.4 Å². The van der Waals surface area contributed by atoms with Gasteiger partial charge in [-0.1, -0.05) is 6.58 Å². The molecule has 3 aromatic heterocycles. The third-order valence-corrected chi connectivity index (χ3v) is 10.3. The predicted molar refractivity (Wildman–Crippen MR) is 244 cm³/mol. The van der Waals surface area contributed by atoms with Crippen molar-refractivity contribution in [2.24, 2.45) is 11.8 Å². The monoisotopic (exact) mass is 902 g/mol. The quantitative estimate of drug-likeness (QED) is 0.101. The van der Waals surface area contributed by atoms with Crippen molar-refractivity contribution in [2.75, 3.05) is 50.0 Å². The van der Waals surface area contributed by atoms with Crippen LogP contribution in [0.2, 0.25) is 0 Å². The minimum Gasteiger partial charge on any atom is -0.469 e. The number of anilines is 3. The lowest BCUT2D eigenvalue weighted by molar-refractivity contribution is -0.146. The smallest absolute Gasteiger partial charge is 0.333 e. The fourth-order valence-electron chi connectivity index (χ4n) is 7.06. The third kappa shape index (κ3) is 20.1. The number of esters is 3. The number of methoxy groups -OCH3 is 3. The second kappa shape index (κ2) is 24.7. The molecule has 5 rings (SSSR count). The Morgan fingerprint density at radius 2 is 1.03 bits per heavy atom. The molecule has 0 saturated carbocycles. The number of hydrogen-bond donors (Lipinski definition) is 4. The Kier molecular flexibility index (Phi) is 21.2. The summed E-state index contributed by atoms with van der Waals surface area (Å²) in [5, 5.41) is 41.6. The number of rotatable bonds is 14. The number of aromatic nitrogens is 6. The first-order valence-corrected chi connectivity index (χ1v) is 21.6. The molecule has 0 spiro atoms. The van der Waals surface area contributed by atoms with Crippen LogP contribution in [0.25, 0.3) is 0 Å². The van der Waals surface area contributed by atoms with Gasteiger partial charge in [0, 0.05) is 55.8 Å². The number of aliphatic hydroxyl groups is 3. The number of ether oxygens (including phenoxy) is 3. The highest BCUT2D eigenvalue weighted by Crippen LogP contribution is 2.29. The number of piperidine rings is 2. The average Bonchev–Trinajstić information content (AvgIpc) is 3.96. The lowest BCUT2D eigenvalue weighted by Crippen LogP contribution is -2.44. The average molecular weight is 902 g/mol. The number of hydrogen-bond acceptors (Lipinski definition) is 16. The maximum atomic E-state index is 11.7. The molecule has 19 nitrogen and oxygen atoms in total. The van der Waals surface area contributed by atoms with Crippen LogP contribution in [0.4, 0.5) is 17.1 Å². The van der Waals surface area contributed by atoms with E-state index in [0.717, 1.165) is 37.1 Å². The van der Waals surface area contributed by atoms with Crippen molar-refractivity contribution in [3.8, 4) is 0 Å². The van der Waals surface area contributed by atoms with Gasteiger partial charge in [0.05, 0.1) is 105 Å². The molecule has 0 aromatic carbocycles. The molecule has 5 heterocycles. The van der Waals surface area contributed by atoms with Gasteiger partial charge in [0.15, 0.2) is 0 Å². The van der Waals surface area contributed by atoms with E-state index < -0.39 is 22.8 Å². The molecule has 0 radical (unpaired) electrons. The Labute approximate surface area is 378 Å². The summed E-state index contributed by atoms with van der Waals surface area (Å²) in [5.74, 6) is -0.833. The van der Waals surface area contributed by atoms with Gasteiger partial charge < -0.3 is 49.9 Å². The van der Waals surface area contributed by atoms with Crippen LogP contribution in [0.15, 0.2) is 49.3 Å². The van der Waals surface area contributed by atoms with E-state index in [-0.39, 0.29) is 29.6 Å². The summed E-state index contributed by atoms with van der Waals surface area (Å²) < 4.78 is 19.2. The summed E-state index contributed by atoms with van der Waals surface area (Å²) in [6.07, 6.45) is 15.1. The van der Waals surface area contributed by atoms with Crippen LogP contribution >= 0.6 is 0 Å². The number of nitrogens with two attached hydrogens (primary N) is 1. The van der Waals surface area contributed by atoms with Crippen molar-refractivity contribution in [1.82, 2.24) is 29.3 Å². The zero-order valence-corrected chi connectivity index (χ0v) is 40.1. The minimum atomic E-state index is -0.800. The van der Waals surface area contributed by atoms with Crippen molar-refractivity contribution < 1.29 is 48.7 Å². The van der Waals surface area contributed by atoms with E-state index in [0.29, 0.717) is 68.9 Å². The Morgan fingerprint density at radius 3 is 1.34 bits per heavy atom. The lowest BCUT2D eigenvalue weighted by atomic mass is 9.93. The zero-order chi connectivity index (χ0) is 48.6. The molecule has 4 atom stereocenters. The third-order valence-electron chi connectivity index (χ3n) is 10.3. The van der Waals surface area contributed by atoms with Gasteiger partial charge in [-0.2, -0.15) is 15.3 Å². The van der Waals surface area contributed by atoms with Gasteiger partial charge in [-0.15, -0.1) is 0 Å². The summed E-state index contributed by atoms with van der Waals surface area (Å²) in [7, 11) is 4.17. The summed E-state index contributed by atoms with van der Waals surface area (Å²) in [4.78, 5) is 49.0. The Morgan fingerprint density at radius 1 is 0.656 bits per heavy atom. The first kappa shape index (κ1) is 54.9. The Hall–Kier alpha value is -5.27. The number of nitrogen functional groups attached to an aromatic ring is 1. The predicted octanol–water partition coefficient (Wildman–Crippen LogP) is 4.18. The van der Waals surface area contributed by atoms with E-state index in [1.807, 2.05) is 12.4 Å². The Balaban J connectivity index is 0.000000308.